The molecule has 184 valence electrons. The van der Waals surface area contributed by atoms with Gasteiger partial charge in [0.1, 0.15) is 16.7 Å². The molecule has 0 fully saturated rings. The van der Waals surface area contributed by atoms with Gasteiger partial charge in [-0.2, -0.15) is 0 Å². The number of pyridine rings is 2. The molecule has 0 saturated heterocycles. The van der Waals surface area contributed by atoms with Crippen LogP contribution in [-0.4, -0.2) is 25.4 Å². The van der Waals surface area contributed by atoms with E-state index in [1.54, 1.807) is 19.1 Å². The van der Waals surface area contributed by atoms with Crippen LogP contribution in [-0.2, 0) is 0 Å². The van der Waals surface area contributed by atoms with Crippen LogP contribution < -0.4 is 15.6 Å². The van der Waals surface area contributed by atoms with E-state index in [1.807, 2.05) is 0 Å². The van der Waals surface area contributed by atoms with Crippen molar-refractivity contribution in [1.29, 1.82) is 0 Å². The van der Waals surface area contributed by atoms with E-state index >= 15 is 0 Å². The number of nitrogens with one attached hydrogen (secondary N) is 1. The molecule has 0 unspecified atom stereocenters. The van der Waals surface area contributed by atoms with Crippen LogP contribution in [0.5, 0.6) is 11.5 Å². The molecule has 11 heteroatoms. The minimum absolute atomic E-state index is 0.0804. The molecule has 8 nitrogen and oxygen atoms in total. The zero-order chi connectivity index (χ0) is 26.1. The van der Waals surface area contributed by atoms with E-state index in [0.717, 1.165) is 6.07 Å². The summed E-state index contributed by atoms with van der Waals surface area (Å²) >= 11 is 5.96. The van der Waals surface area contributed by atoms with Gasteiger partial charge in [0.05, 0.1) is 11.7 Å². The van der Waals surface area contributed by atoms with Crippen LogP contribution in [0.25, 0.3) is 16.6 Å². The van der Waals surface area contributed by atoms with E-state index in [4.69, 9.17) is 16.3 Å². The minimum Gasteiger partial charge on any atom is -0.454 e. The number of carbonyl (C=O) groups excluding carboxylic acids is 1. The third-order valence-electron chi connectivity index (χ3n) is 5.40. The molecule has 0 bridgehead atoms. The van der Waals surface area contributed by atoms with Gasteiger partial charge < -0.3 is 10.1 Å². The Kier molecular flexibility index (Phi) is 6.33. The van der Waals surface area contributed by atoms with E-state index in [-0.39, 0.29) is 16.6 Å². The molecule has 0 aliphatic carbocycles. The Hall–Kier alpha value is -4.70. The zero-order valence-corrected chi connectivity index (χ0v) is 19.8. The maximum atomic E-state index is 14.9. The van der Waals surface area contributed by atoms with Crippen molar-refractivity contribution >= 4 is 34.1 Å². The van der Waals surface area contributed by atoms with Gasteiger partial charge in [-0.05, 0) is 55.5 Å². The van der Waals surface area contributed by atoms with Crippen LogP contribution in [0.2, 0.25) is 5.15 Å². The molecular formula is C26H16ClF2N5O3. The Labute approximate surface area is 213 Å². The topological polar surface area (TPSA) is 99.0 Å². The van der Waals surface area contributed by atoms with Gasteiger partial charge in [0.2, 0.25) is 0 Å². The summed E-state index contributed by atoms with van der Waals surface area (Å²) in [7, 11) is 0. The molecule has 0 aliphatic rings. The van der Waals surface area contributed by atoms with Gasteiger partial charge in [-0.1, -0.05) is 11.6 Å². The average Bonchev–Trinajstić information content (AvgIpc) is 2.87. The summed E-state index contributed by atoms with van der Waals surface area (Å²) in [5, 5.41) is 3.24. The maximum absolute atomic E-state index is 14.9. The highest BCUT2D eigenvalue weighted by molar-refractivity contribution is 6.30. The van der Waals surface area contributed by atoms with Crippen molar-refractivity contribution < 1.29 is 18.3 Å². The van der Waals surface area contributed by atoms with Crippen molar-refractivity contribution in [2.24, 2.45) is 0 Å². The lowest BCUT2D eigenvalue weighted by molar-refractivity contribution is 0.102. The van der Waals surface area contributed by atoms with Crippen LogP contribution in [0.15, 0.2) is 78.0 Å². The first kappa shape index (κ1) is 24.0. The second kappa shape index (κ2) is 9.75. The molecule has 0 atom stereocenters. The van der Waals surface area contributed by atoms with Crippen molar-refractivity contribution in [3.8, 4) is 17.2 Å². The first-order chi connectivity index (χ1) is 17.8. The van der Waals surface area contributed by atoms with E-state index in [1.165, 1.54) is 59.6 Å². The predicted molar refractivity (Wildman–Crippen MR) is 134 cm³/mol. The predicted octanol–water partition coefficient (Wildman–Crippen LogP) is 5.46. The van der Waals surface area contributed by atoms with Gasteiger partial charge in [-0.15, -0.1) is 0 Å². The van der Waals surface area contributed by atoms with Gasteiger partial charge in [0, 0.05) is 40.9 Å². The highest BCUT2D eigenvalue weighted by Crippen LogP contribution is 2.32. The van der Waals surface area contributed by atoms with Crippen molar-refractivity contribution in [1.82, 2.24) is 19.5 Å². The number of halogens is 3. The molecule has 0 aliphatic heterocycles. The second-order valence-electron chi connectivity index (χ2n) is 7.90. The molecule has 1 amide bonds. The third-order valence-corrected chi connectivity index (χ3v) is 5.61. The lowest BCUT2D eigenvalue weighted by Gasteiger charge is -2.12. The zero-order valence-electron chi connectivity index (χ0n) is 19.1. The summed E-state index contributed by atoms with van der Waals surface area (Å²) in [6.07, 6.45) is 4.31. The second-order valence-corrected chi connectivity index (χ2v) is 8.29. The summed E-state index contributed by atoms with van der Waals surface area (Å²) in [6, 6.07) is 12.1. The number of anilines is 1. The van der Waals surface area contributed by atoms with Crippen LogP contribution >= 0.6 is 11.6 Å². The molecule has 2 aromatic carbocycles. The fourth-order valence-electron chi connectivity index (χ4n) is 3.66. The Balaban J connectivity index is 1.40. The van der Waals surface area contributed by atoms with Crippen LogP contribution in [0, 0.1) is 18.6 Å². The summed E-state index contributed by atoms with van der Waals surface area (Å²) in [6.45, 7) is 1.63. The van der Waals surface area contributed by atoms with Gasteiger partial charge in [0.25, 0.3) is 11.5 Å². The lowest BCUT2D eigenvalue weighted by Crippen LogP contribution is -2.31. The largest absolute Gasteiger partial charge is 0.454 e. The molecule has 3 heterocycles. The van der Waals surface area contributed by atoms with E-state index in [2.05, 4.69) is 20.3 Å². The fraction of sp³-hybridized carbons (Fsp3) is 0.0385. The van der Waals surface area contributed by atoms with Crippen molar-refractivity contribution in [3.05, 3.63) is 112 Å². The van der Waals surface area contributed by atoms with Gasteiger partial charge >= 0.3 is 0 Å². The average molecular weight is 520 g/mol. The SMILES string of the molecule is Cc1cnc(C(=O)Nc2ccc(Oc3ccnc4cnc(Cl)cc34)c(F)c2)c(=O)n1-c1ccc(F)cc1. The fourth-order valence-corrected chi connectivity index (χ4v) is 3.82. The van der Waals surface area contributed by atoms with E-state index in [0.29, 0.717) is 28.0 Å². The van der Waals surface area contributed by atoms with Gasteiger partial charge in [0.15, 0.2) is 17.3 Å². The van der Waals surface area contributed by atoms with Gasteiger partial charge in [-0.25, -0.2) is 18.7 Å². The number of fused-ring (bicyclic) bond motifs is 1. The number of hydrogen-bond donors (Lipinski definition) is 1. The highest BCUT2D eigenvalue weighted by Gasteiger charge is 2.18. The van der Waals surface area contributed by atoms with Crippen molar-refractivity contribution in [2.75, 3.05) is 5.32 Å². The number of ether oxygens (including phenoxy) is 1. The molecule has 5 aromatic rings. The number of carbonyl (C=O) groups is 1. The summed E-state index contributed by atoms with van der Waals surface area (Å²) < 4.78 is 35.1. The Morgan fingerprint density at radius 1 is 0.973 bits per heavy atom. The van der Waals surface area contributed by atoms with Crippen molar-refractivity contribution in [3.63, 3.8) is 0 Å². The van der Waals surface area contributed by atoms with E-state index < -0.39 is 28.8 Å². The summed E-state index contributed by atoms with van der Waals surface area (Å²) in [5.74, 6) is -1.85. The van der Waals surface area contributed by atoms with Crippen molar-refractivity contribution in [2.45, 2.75) is 6.92 Å². The van der Waals surface area contributed by atoms with E-state index in [9.17, 15) is 18.4 Å². The smallest absolute Gasteiger partial charge is 0.286 e. The Bertz CT molecular complexity index is 1720. The number of amides is 1. The van der Waals surface area contributed by atoms with Gasteiger partial charge in [-0.3, -0.25) is 19.1 Å². The van der Waals surface area contributed by atoms with Crippen LogP contribution in [0.3, 0.4) is 0 Å². The molecule has 0 spiro atoms. The minimum atomic E-state index is -0.837. The molecule has 37 heavy (non-hydrogen) atoms. The Morgan fingerprint density at radius 3 is 2.51 bits per heavy atom. The number of aryl methyl sites for hydroxylation is 1. The molecule has 0 saturated carbocycles. The number of nitrogens with zero attached hydrogens (tertiary/aromatic N) is 4. The summed E-state index contributed by atoms with van der Waals surface area (Å²) in [4.78, 5) is 37.9. The normalized spacial score (nSPS) is 10.9. The number of aromatic nitrogens is 4. The molecule has 5 rings (SSSR count). The number of rotatable bonds is 5. The Morgan fingerprint density at radius 2 is 1.76 bits per heavy atom. The molecule has 1 N–H and O–H groups in total. The van der Waals surface area contributed by atoms with Crippen LogP contribution in [0.4, 0.5) is 14.5 Å². The molecule has 0 radical (unpaired) electrons. The highest BCUT2D eigenvalue weighted by atomic mass is 35.5. The lowest BCUT2D eigenvalue weighted by atomic mass is 10.2. The van der Waals surface area contributed by atoms with Crippen LogP contribution in [0.1, 0.15) is 16.2 Å². The third kappa shape index (κ3) is 4.87. The standard InChI is InChI=1S/C26H16ClF2N5O3/c1-14-12-32-24(26(36)34(14)17-5-2-15(28)3-6-17)25(35)33-16-4-7-22(19(29)10-16)37-21-8-9-30-20-13-31-23(27)11-18(20)21/h2-13H,1H3,(H,33,35). The monoisotopic (exact) mass is 519 g/mol. The summed E-state index contributed by atoms with van der Waals surface area (Å²) in [5.41, 5.74) is 0.293. The number of hydrogen-bond acceptors (Lipinski definition) is 6. The molecular weight excluding hydrogens is 504 g/mol. The first-order valence-corrected chi connectivity index (χ1v) is 11.2. The first-order valence-electron chi connectivity index (χ1n) is 10.8. The quantitative estimate of drug-likeness (QED) is 0.310. The maximum Gasteiger partial charge on any atom is 0.286 e. The number of benzene rings is 2. The molecule has 3 aromatic heterocycles.